The van der Waals surface area contributed by atoms with Crippen molar-refractivity contribution >= 4 is 17.3 Å². The molecule has 1 unspecified atom stereocenters. The van der Waals surface area contributed by atoms with Crippen molar-refractivity contribution < 1.29 is 18.0 Å². The van der Waals surface area contributed by atoms with Gasteiger partial charge in [0.05, 0.1) is 5.56 Å². The van der Waals surface area contributed by atoms with Crippen molar-refractivity contribution in [3.8, 4) is 0 Å². The second-order valence-corrected chi connectivity index (χ2v) is 4.40. The predicted molar refractivity (Wildman–Crippen MR) is 67.6 cm³/mol. The summed E-state index contributed by atoms with van der Waals surface area (Å²) in [6, 6.07) is 2.65. The molecule has 1 aromatic carbocycles. The second-order valence-electron chi connectivity index (χ2n) is 4.40. The molecule has 106 valence electrons. The Bertz CT molecular complexity index is 472. The van der Waals surface area contributed by atoms with Gasteiger partial charge in [-0.25, -0.2) is 0 Å². The fourth-order valence-corrected chi connectivity index (χ4v) is 1.60. The first-order valence-electron chi connectivity index (χ1n) is 5.57. The van der Waals surface area contributed by atoms with E-state index in [0.717, 1.165) is 6.07 Å². The fraction of sp³-hybridized carbons (Fsp3) is 0.417. The third kappa shape index (κ3) is 3.77. The number of hydrogen-bond donors (Lipinski definition) is 2. The Labute approximate surface area is 109 Å². The van der Waals surface area contributed by atoms with Crippen LogP contribution in [-0.2, 0) is 11.0 Å². The Morgan fingerprint density at radius 2 is 1.95 bits per heavy atom. The van der Waals surface area contributed by atoms with Crippen LogP contribution in [0.25, 0.3) is 0 Å². The fourth-order valence-electron chi connectivity index (χ4n) is 1.60. The maximum atomic E-state index is 12.8. The van der Waals surface area contributed by atoms with Crippen molar-refractivity contribution in [1.29, 1.82) is 0 Å². The van der Waals surface area contributed by atoms with E-state index in [9.17, 15) is 18.0 Å². The topological polar surface area (TPSA) is 58.4 Å². The first kappa shape index (κ1) is 15.1. The van der Waals surface area contributed by atoms with Crippen molar-refractivity contribution in [1.82, 2.24) is 4.90 Å². The molecule has 0 aromatic heterocycles. The predicted octanol–water partition coefficient (Wildman–Crippen LogP) is 2.18. The summed E-state index contributed by atoms with van der Waals surface area (Å²) < 4.78 is 38.5. The molecule has 0 aliphatic rings. The summed E-state index contributed by atoms with van der Waals surface area (Å²) in [5.41, 5.74) is 4.33. The number of carbonyl (C=O) groups excluding carboxylic acids is 1. The van der Waals surface area contributed by atoms with E-state index in [2.05, 4.69) is 5.32 Å². The molecule has 0 aliphatic heterocycles. The summed E-state index contributed by atoms with van der Waals surface area (Å²) >= 11 is 0. The van der Waals surface area contributed by atoms with Gasteiger partial charge in [-0.15, -0.1) is 0 Å². The number of nitrogens with two attached hydrogens (primary N) is 1. The van der Waals surface area contributed by atoms with Gasteiger partial charge in [0.15, 0.2) is 0 Å². The van der Waals surface area contributed by atoms with Gasteiger partial charge in [-0.2, -0.15) is 13.2 Å². The maximum Gasteiger partial charge on any atom is 0.418 e. The molecule has 19 heavy (non-hydrogen) atoms. The lowest BCUT2D eigenvalue weighted by Gasteiger charge is -2.21. The minimum Gasteiger partial charge on any atom is -0.399 e. The number of amides is 1. The Balaban J connectivity index is 3.05. The van der Waals surface area contributed by atoms with Gasteiger partial charge in [0.25, 0.3) is 0 Å². The molecule has 0 aliphatic carbocycles. The van der Waals surface area contributed by atoms with Crippen LogP contribution < -0.4 is 11.1 Å². The number of likely N-dealkylation sites (N-methyl/N-ethyl adjacent to an activating group) is 1. The summed E-state index contributed by atoms with van der Waals surface area (Å²) in [5.74, 6) is -0.315. The van der Waals surface area contributed by atoms with Crippen molar-refractivity contribution in [3.63, 3.8) is 0 Å². The summed E-state index contributed by atoms with van der Waals surface area (Å²) in [7, 11) is 3.07. The van der Waals surface area contributed by atoms with Crippen LogP contribution in [0.5, 0.6) is 0 Å². The highest BCUT2D eigenvalue weighted by Crippen LogP contribution is 2.36. The monoisotopic (exact) mass is 275 g/mol. The van der Waals surface area contributed by atoms with Gasteiger partial charge in [0, 0.05) is 25.5 Å². The Morgan fingerprint density at radius 3 is 2.42 bits per heavy atom. The number of nitrogen functional groups attached to an aromatic ring is 1. The van der Waals surface area contributed by atoms with Crippen LogP contribution in [0.2, 0.25) is 0 Å². The molecular weight excluding hydrogens is 259 g/mol. The standard InChI is InChI=1S/C12H16F3N3O/c1-7(11(19)18(2)3)17-10-5-4-8(16)6-9(10)12(13,14)15/h4-7,17H,16H2,1-3H3. The molecule has 0 radical (unpaired) electrons. The summed E-state index contributed by atoms with van der Waals surface area (Å²) in [5, 5.41) is 2.56. The molecule has 1 amide bonds. The largest absolute Gasteiger partial charge is 0.418 e. The average molecular weight is 275 g/mol. The second kappa shape index (κ2) is 5.38. The Hall–Kier alpha value is -1.92. The van der Waals surface area contributed by atoms with Gasteiger partial charge in [-0.1, -0.05) is 0 Å². The zero-order chi connectivity index (χ0) is 14.8. The van der Waals surface area contributed by atoms with Crippen LogP contribution >= 0.6 is 0 Å². The Kier molecular flexibility index (Phi) is 4.28. The molecule has 4 nitrogen and oxygen atoms in total. The van der Waals surface area contributed by atoms with Crippen LogP contribution in [0.4, 0.5) is 24.5 Å². The van der Waals surface area contributed by atoms with E-state index in [1.807, 2.05) is 0 Å². The first-order valence-corrected chi connectivity index (χ1v) is 5.57. The van der Waals surface area contributed by atoms with Crippen molar-refractivity contribution in [2.24, 2.45) is 0 Å². The number of benzene rings is 1. The van der Waals surface area contributed by atoms with E-state index in [4.69, 9.17) is 5.73 Å². The van der Waals surface area contributed by atoms with E-state index in [0.29, 0.717) is 0 Å². The zero-order valence-electron chi connectivity index (χ0n) is 10.9. The van der Waals surface area contributed by atoms with Crippen LogP contribution in [0, 0.1) is 0 Å². The molecule has 0 saturated heterocycles. The lowest BCUT2D eigenvalue weighted by molar-refractivity contribution is -0.137. The van der Waals surface area contributed by atoms with Gasteiger partial charge < -0.3 is 16.0 Å². The number of carbonyl (C=O) groups is 1. The van der Waals surface area contributed by atoms with Gasteiger partial charge in [-0.3, -0.25) is 4.79 Å². The van der Waals surface area contributed by atoms with Crippen LogP contribution in [0.15, 0.2) is 18.2 Å². The number of anilines is 2. The molecule has 1 atom stereocenters. The molecule has 1 rings (SSSR count). The molecule has 7 heteroatoms. The summed E-state index contributed by atoms with van der Waals surface area (Å²) in [6.45, 7) is 1.50. The highest BCUT2D eigenvalue weighted by Gasteiger charge is 2.34. The Morgan fingerprint density at radius 1 is 1.37 bits per heavy atom. The number of nitrogens with zero attached hydrogens (tertiary/aromatic N) is 1. The quantitative estimate of drug-likeness (QED) is 0.831. The highest BCUT2D eigenvalue weighted by molar-refractivity contribution is 5.84. The number of hydrogen-bond acceptors (Lipinski definition) is 3. The number of nitrogens with one attached hydrogen (secondary N) is 1. The lowest BCUT2D eigenvalue weighted by atomic mass is 10.1. The van der Waals surface area contributed by atoms with E-state index in [1.165, 1.54) is 38.1 Å². The molecule has 0 fully saturated rings. The van der Waals surface area contributed by atoms with Crippen LogP contribution in [0.3, 0.4) is 0 Å². The van der Waals surface area contributed by atoms with E-state index >= 15 is 0 Å². The molecular formula is C12H16F3N3O. The molecule has 0 bridgehead atoms. The minimum atomic E-state index is -4.53. The number of halogens is 3. The maximum absolute atomic E-state index is 12.8. The SMILES string of the molecule is CC(Nc1ccc(N)cc1C(F)(F)F)C(=O)N(C)C. The van der Waals surface area contributed by atoms with Crippen LogP contribution in [-0.4, -0.2) is 30.9 Å². The van der Waals surface area contributed by atoms with Gasteiger partial charge in [-0.05, 0) is 25.1 Å². The smallest absolute Gasteiger partial charge is 0.399 e. The lowest BCUT2D eigenvalue weighted by Crippen LogP contribution is -2.37. The third-order valence-corrected chi connectivity index (χ3v) is 2.53. The zero-order valence-corrected chi connectivity index (χ0v) is 10.9. The minimum absolute atomic E-state index is 0.0180. The van der Waals surface area contributed by atoms with Gasteiger partial charge in [0.1, 0.15) is 6.04 Å². The highest BCUT2D eigenvalue weighted by atomic mass is 19.4. The number of alkyl halides is 3. The van der Waals surface area contributed by atoms with E-state index < -0.39 is 17.8 Å². The molecule has 3 N–H and O–H groups in total. The van der Waals surface area contributed by atoms with Crippen molar-refractivity contribution in [3.05, 3.63) is 23.8 Å². The van der Waals surface area contributed by atoms with E-state index in [1.54, 1.807) is 0 Å². The van der Waals surface area contributed by atoms with Crippen molar-refractivity contribution in [2.75, 3.05) is 25.1 Å². The molecule has 0 saturated carbocycles. The molecule has 0 spiro atoms. The number of rotatable bonds is 3. The van der Waals surface area contributed by atoms with Gasteiger partial charge >= 0.3 is 6.18 Å². The van der Waals surface area contributed by atoms with Crippen molar-refractivity contribution in [2.45, 2.75) is 19.1 Å². The van der Waals surface area contributed by atoms with Gasteiger partial charge in [0.2, 0.25) is 5.91 Å². The summed E-state index contributed by atoms with van der Waals surface area (Å²) in [4.78, 5) is 12.9. The third-order valence-electron chi connectivity index (χ3n) is 2.53. The normalized spacial score (nSPS) is 12.9. The molecule has 1 aromatic rings. The van der Waals surface area contributed by atoms with E-state index in [-0.39, 0.29) is 17.3 Å². The average Bonchev–Trinajstić information content (AvgIpc) is 2.28. The summed E-state index contributed by atoms with van der Waals surface area (Å²) in [6.07, 6.45) is -4.53. The molecule has 0 heterocycles. The van der Waals surface area contributed by atoms with Crippen LogP contribution in [0.1, 0.15) is 12.5 Å². The first-order chi connectivity index (χ1) is 8.62.